The number of aliphatic hydroxyl groups excluding tert-OH is 6. The Kier molecular flexibility index (Phi) is 10.2. The zero-order valence-electron chi connectivity index (χ0n) is 21.7. The highest BCUT2D eigenvalue weighted by Crippen LogP contribution is 2.38. The van der Waals surface area contributed by atoms with Gasteiger partial charge in [0, 0.05) is 0 Å². The van der Waals surface area contributed by atoms with Crippen molar-refractivity contribution < 1.29 is 59.5 Å². The van der Waals surface area contributed by atoms with Crippen molar-refractivity contribution in [2.45, 2.75) is 98.2 Å². The first-order chi connectivity index (χ1) is 18.7. The molecule has 0 aromatic carbocycles. The average molecular weight is 582 g/mol. The molecule has 2 heterocycles. The molecule has 0 spiro atoms. The number of aliphatic hydroxyl groups is 7. The standard InChI is InChI=1S/C21H39N7O12/c1-5-21(36,4-30)16(40-17-9(26-2)13(34)10(31)6(3-29)38-17)18(37-5)39-15-8(28-20(24)25)11(32)7(27-19(22)23)12(33)14(15)35/h4-18,26,29,31-36H,3H2,1-2H3,(H4,22,23,27)(H4,24,25,28)/t5-,6-,7+,8-,9?,10-,11+,12-,13-,14+,15+,16-,17-,18-,21+/m0/s1. The number of carbonyl (C=O) groups excluding carboxylic acids is 1. The number of aliphatic imine (C=N–C) groups is 2. The summed E-state index contributed by atoms with van der Waals surface area (Å²) < 4.78 is 22.9. The van der Waals surface area contributed by atoms with Crippen molar-refractivity contribution in [3.63, 3.8) is 0 Å². The Balaban J connectivity index is 1.96. The van der Waals surface area contributed by atoms with E-state index in [4.69, 9.17) is 41.9 Å². The van der Waals surface area contributed by atoms with E-state index in [0.717, 1.165) is 0 Å². The Morgan fingerprint density at radius 1 is 0.900 bits per heavy atom. The number of nitrogens with one attached hydrogen (secondary N) is 1. The smallest absolute Gasteiger partial charge is 0.188 e. The fraction of sp³-hybridized carbons (Fsp3) is 0.857. The van der Waals surface area contributed by atoms with Gasteiger partial charge in [0.1, 0.15) is 60.9 Å². The molecule has 1 aliphatic carbocycles. The maximum absolute atomic E-state index is 12.1. The Morgan fingerprint density at radius 3 is 2.02 bits per heavy atom. The fourth-order valence-corrected chi connectivity index (χ4v) is 5.08. The molecular formula is C21H39N7O12. The molecule has 15 atom stereocenters. The summed E-state index contributed by atoms with van der Waals surface area (Å²) in [6.07, 6.45) is -17.3. The molecule has 19 heteroatoms. The maximum Gasteiger partial charge on any atom is 0.188 e. The third-order valence-corrected chi connectivity index (χ3v) is 7.34. The molecule has 19 nitrogen and oxygen atoms in total. The van der Waals surface area contributed by atoms with E-state index in [1.165, 1.54) is 14.0 Å². The summed E-state index contributed by atoms with van der Waals surface area (Å²) in [5.41, 5.74) is 19.4. The van der Waals surface area contributed by atoms with Crippen LogP contribution in [-0.2, 0) is 23.7 Å². The number of nitrogens with two attached hydrogens (primary N) is 4. The van der Waals surface area contributed by atoms with Gasteiger partial charge in [-0.2, -0.15) is 0 Å². The lowest BCUT2D eigenvalue weighted by atomic mass is 9.81. The number of likely N-dealkylation sites (N-methyl/N-ethyl adjacent to an activating group) is 1. The van der Waals surface area contributed by atoms with Gasteiger partial charge < -0.3 is 82.9 Å². The van der Waals surface area contributed by atoms with Crippen molar-refractivity contribution in [1.82, 2.24) is 5.32 Å². The zero-order valence-corrected chi connectivity index (χ0v) is 21.7. The first-order valence-corrected chi connectivity index (χ1v) is 12.4. The Bertz CT molecular complexity index is 940. The summed E-state index contributed by atoms with van der Waals surface area (Å²) in [7, 11) is 1.42. The van der Waals surface area contributed by atoms with E-state index < -0.39 is 110 Å². The van der Waals surface area contributed by atoms with Crippen LogP contribution in [0.15, 0.2) is 9.98 Å². The molecule has 1 unspecified atom stereocenters. The van der Waals surface area contributed by atoms with Crippen LogP contribution in [0.25, 0.3) is 0 Å². The summed E-state index contributed by atoms with van der Waals surface area (Å²) in [4.78, 5) is 19.7. The molecule has 230 valence electrons. The van der Waals surface area contributed by atoms with Crippen molar-refractivity contribution in [3.8, 4) is 0 Å². The van der Waals surface area contributed by atoms with Crippen LogP contribution in [0.1, 0.15) is 6.92 Å². The minimum atomic E-state index is -2.38. The minimum Gasteiger partial charge on any atom is -0.394 e. The molecule has 0 aromatic heterocycles. The van der Waals surface area contributed by atoms with Crippen LogP contribution in [0, 0.1) is 0 Å². The van der Waals surface area contributed by atoms with E-state index in [1.807, 2.05) is 0 Å². The highest BCUT2D eigenvalue weighted by Gasteiger charge is 2.60. The molecule has 1 saturated carbocycles. The lowest BCUT2D eigenvalue weighted by Gasteiger charge is -2.45. The van der Waals surface area contributed by atoms with Gasteiger partial charge in [-0.3, -0.25) is 4.79 Å². The lowest BCUT2D eigenvalue weighted by molar-refractivity contribution is -0.314. The topological polar surface area (TPSA) is 336 Å². The van der Waals surface area contributed by atoms with E-state index in [1.54, 1.807) is 0 Å². The fourth-order valence-electron chi connectivity index (χ4n) is 5.08. The number of ether oxygens (including phenoxy) is 4. The molecule has 0 aromatic rings. The lowest BCUT2D eigenvalue weighted by Crippen LogP contribution is -2.66. The molecule has 40 heavy (non-hydrogen) atoms. The normalized spacial score (nSPS) is 47.4. The van der Waals surface area contributed by atoms with E-state index in [9.17, 15) is 40.5 Å². The highest BCUT2D eigenvalue weighted by atomic mass is 16.8. The Labute approximate surface area is 228 Å². The van der Waals surface area contributed by atoms with Crippen molar-refractivity contribution in [1.29, 1.82) is 0 Å². The molecule has 16 N–H and O–H groups in total. The number of hydrogen-bond donors (Lipinski definition) is 12. The molecule has 2 saturated heterocycles. The number of nitrogens with zero attached hydrogens (tertiary/aromatic N) is 2. The van der Waals surface area contributed by atoms with Gasteiger partial charge in [-0.25, -0.2) is 9.98 Å². The van der Waals surface area contributed by atoms with Crippen molar-refractivity contribution >= 4 is 18.2 Å². The largest absolute Gasteiger partial charge is 0.394 e. The Morgan fingerprint density at radius 2 is 1.50 bits per heavy atom. The van der Waals surface area contributed by atoms with Gasteiger partial charge in [0.15, 0.2) is 36.4 Å². The van der Waals surface area contributed by atoms with Crippen LogP contribution in [0.2, 0.25) is 0 Å². The van der Waals surface area contributed by atoms with Crippen LogP contribution in [0.4, 0.5) is 0 Å². The van der Waals surface area contributed by atoms with Crippen LogP contribution < -0.4 is 28.3 Å². The molecule has 0 amide bonds. The van der Waals surface area contributed by atoms with E-state index in [2.05, 4.69) is 15.3 Å². The molecule has 0 radical (unpaired) electrons. The van der Waals surface area contributed by atoms with E-state index >= 15 is 0 Å². The number of guanidine groups is 2. The van der Waals surface area contributed by atoms with Crippen LogP contribution in [0.3, 0.4) is 0 Å². The number of hydrogen-bond acceptors (Lipinski definition) is 15. The first-order valence-electron chi connectivity index (χ1n) is 12.4. The number of carbonyl (C=O) groups is 1. The number of rotatable bonds is 9. The monoisotopic (exact) mass is 581 g/mol. The highest BCUT2D eigenvalue weighted by molar-refractivity contribution is 5.76. The van der Waals surface area contributed by atoms with Gasteiger partial charge in [-0.1, -0.05) is 0 Å². The van der Waals surface area contributed by atoms with Gasteiger partial charge >= 0.3 is 0 Å². The molecule has 3 aliphatic rings. The SMILES string of the molecule is CNC1[C@H](O[C@H]2[C@H](O[C@H]3[C@H](O)[C@@H](O)[C@H](N=C(N)N)[C@@H](O)[C@@H]3N=C(N)N)O[C@@H](C)[C@]2(O)C=O)O[C@@H](CO)[C@H](O)[C@H]1O. The average Bonchev–Trinajstić information content (AvgIpc) is 3.13. The summed E-state index contributed by atoms with van der Waals surface area (Å²) in [5, 5.41) is 76.6. The van der Waals surface area contributed by atoms with Crippen molar-refractivity contribution in [2.24, 2.45) is 32.9 Å². The third kappa shape index (κ3) is 6.00. The summed E-state index contributed by atoms with van der Waals surface area (Å²) in [5.74, 6) is -1.03. The summed E-state index contributed by atoms with van der Waals surface area (Å²) in [6.45, 7) is 0.620. The quantitative estimate of drug-likeness (QED) is 0.0682. The second-order valence-corrected chi connectivity index (χ2v) is 9.89. The van der Waals surface area contributed by atoms with Gasteiger partial charge in [-0.05, 0) is 14.0 Å². The van der Waals surface area contributed by atoms with Crippen molar-refractivity contribution in [2.75, 3.05) is 13.7 Å². The van der Waals surface area contributed by atoms with Gasteiger partial charge in [0.25, 0.3) is 0 Å². The van der Waals surface area contributed by atoms with Crippen molar-refractivity contribution in [3.05, 3.63) is 0 Å². The van der Waals surface area contributed by atoms with Gasteiger partial charge in [-0.15, -0.1) is 0 Å². The van der Waals surface area contributed by atoms with Crippen LogP contribution in [0.5, 0.6) is 0 Å². The minimum absolute atomic E-state index is 0.140. The maximum atomic E-state index is 12.1. The predicted molar refractivity (Wildman–Crippen MR) is 133 cm³/mol. The summed E-state index contributed by atoms with van der Waals surface area (Å²) in [6, 6.07) is -4.08. The van der Waals surface area contributed by atoms with E-state index in [-0.39, 0.29) is 6.29 Å². The zero-order chi connectivity index (χ0) is 30.1. The van der Waals surface area contributed by atoms with Gasteiger partial charge in [0.2, 0.25) is 0 Å². The predicted octanol–water partition coefficient (Wildman–Crippen LogP) is -8.16. The van der Waals surface area contributed by atoms with Gasteiger partial charge in [0.05, 0.1) is 18.8 Å². The van der Waals surface area contributed by atoms with Crippen LogP contribution >= 0.6 is 0 Å². The molecule has 0 bridgehead atoms. The molecule has 3 rings (SSSR count). The van der Waals surface area contributed by atoms with Crippen LogP contribution in [-0.4, -0.2) is 159 Å². The Hall–Kier alpha value is -2.27. The summed E-state index contributed by atoms with van der Waals surface area (Å²) >= 11 is 0. The molecular weight excluding hydrogens is 542 g/mol. The molecule has 3 fully saturated rings. The number of aldehydes is 1. The second-order valence-electron chi connectivity index (χ2n) is 9.89. The van der Waals surface area contributed by atoms with E-state index in [0.29, 0.717) is 0 Å². The second kappa shape index (κ2) is 12.7. The first kappa shape index (κ1) is 32.2. The third-order valence-electron chi connectivity index (χ3n) is 7.34. The molecule has 2 aliphatic heterocycles.